The number of aryl methyl sites for hydroxylation is 1. The molecule has 33 heavy (non-hydrogen) atoms. The van der Waals surface area contributed by atoms with E-state index in [2.05, 4.69) is 50.8 Å². The summed E-state index contributed by atoms with van der Waals surface area (Å²) in [6.07, 6.45) is 4.37. The Labute approximate surface area is 202 Å². The number of amides is 1. The largest absolute Gasteiger partial charge is 0.494 e. The lowest BCUT2D eigenvalue weighted by atomic mass is 10.2. The maximum Gasteiger partial charge on any atom is 0.260 e. The SMILES string of the molecule is CCCCCOc1ccc(C(=O)N(CCN(CC)CC)c2nc3ccc(CC)cc3s2)cc1. The van der Waals surface area contributed by atoms with Crippen molar-refractivity contribution < 1.29 is 9.53 Å². The first kappa shape index (κ1) is 25.2. The van der Waals surface area contributed by atoms with Crippen molar-refractivity contribution in [2.45, 2.75) is 53.4 Å². The van der Waals surface area contributed by atoms with Gasteiger partial charge in [-0.1, -0.05) is 57.9 Å². The number of hydrogen-bond acceptors (Lipinski definition) is 5. The van der Waals surface area contributed by atoms with Crippen molar-refractivity contribution in [3.8, 4) is 5.75 Å². The van der Waals surface area contributed by atoms with Gasteiger partial charge < -0.3 is 9.64 Å². The predicted octanol–water partition coefficient (Wildman–Crippen LogP) is 6.42. The lowest BCUT2D eigenvalue weighted by molar-refractivity contribution is 0.0983. The van der Waals surface area contributed by atoms with Crippen LogP contribution in [0, 0.1) is 0 Å². The molecule has 0 N–H and O–H groups in total. The molecule has 0 spiro atoms. The molecule has 3 rings (SSSR count). The summed E-state index contributed by atoms with van der Waals surface area (Å²) in [5.74, 6) is 0.791. The van der Waals surface area contributed by atoms with E-state index in [9.17, 15) is 4.79 Å². The van der Waals surface area contributed by atoms with Crippen molar-refractivity contribution in [2.24, 2.45) is 0 Å². The summed E-state index contributed by atoms with van der Waals surface area (Å²) in [6, 6.07) is 13.9. The highest BCUT2D eigenvalue weighted by Gasteiger charge is 2.22. The fraction of sp³-hybridized carbons (Fsp3) is 0.481. The van der Waals surface area contributed by atoms with Gasteiger partial charge in [0.1, 0.15) is 5.75 Å². The van der Waals surface area contributed by atoms with Crippen LogP contribution in [0.25, 0.3) is 10.2 Å². The van der Waals surface area contributed by atoms with Crippen LogP contribution in [0.1, 0.15) is 62.9 Å². The van der Waals surface area contributed by atoms with Gasteiger partial charge in [-0.3, -0.25) is 9.69 Å². The molecule has 0 aliphatic carbocycles. The maximum atomic E-state index is 13.6. The van der Waals surface area contributed by atoms with Gasteiger partial charge in [-0.15, -0.1) is 0 Å². The Morgan fingerprint density at radius 2 is 1.73 bits per heavy atom. The summed E-state index contributed by atoms with van der Waals surface area (Å²) in [6.45, 7) is 12.7. The number of benzene rings is 2. The number of fused-ring (bicyclic) bond motifs is 1. The van der Waals surface area contributed by atoms with Crippen LogP contribution in [0.4, 0.5) is 5.13 Å². The highest BCUT2D eigenvalue weighted by atomic mass is 32.1. The third-order valence-corrected chi connectivity index (χ3v) is 7.02. The normalized spacial score (nSPS) is 11.3. The molecule has 0 saturated heterocycles. The Kier molecular flexibility index (Phi) is 9.70. The molecular formula is C27H37N3O2S. The van der Waals surface area contributed by atoms with E-state index >= 15 is 0 Å². The number of anilines is 1. The Morgan fingerprint density at radius 3 is 2.39 bits per heavy atom. The van der Waals surface area contributed by atoms with Crippen LogP contribution in [0.5, 0.6) is 5.75 Å². The number of ether oxygens (including phenoxy) is 1. The monoisotopic (exact) mass is 467 g/mol. The summed E-state index contributed by atoms with van der Waals surface area (Å²) < 4.78 is 6.94. The number of thiazole rings is 1. The quantitative estimate of drug-likeness (QED) is 0.272. The molecule has 1 aromatic heterocycles. The molecular weight excluding hydrogens is 430 g/mol. The van der Waals surface area contributed by atoms with Gasteiger partial charge in [0.25, 0.3) is 5.91 Å². The summed E-state index contributed by atoms with van der Waals surface area (Å²) in [5, 5.41) is 0.760. The van der Waals surface area contributed by atoms with Crippen LogP contribution in [-0.4, -0.2) is 48.6 Å². The van der Waals surface area contributed by atoms with Gasteiger partial charge in [0.15, 0.2) is 5.13 Å². The molecule has 178 valence electrons. The summed E-state index contributed by atoms with van der Waals surface area (Å²) in [7, 11) is 0. The molecule has 6 heteroatoms. The van der Waals surface area contributed by atoms with Crippen LogP contribution in [0.3, 0.4) is 0 Å². The molecule has 3 aromatic rings. The molecule has 5 nitrogen and oxygen atoms in total. The lowest BCUT2D eigenvalue weighted by Crippen LogP contribution is -2.38. The topological polar surface area (TPSA) is 45.7 Å². The van der Waals surface area contributed by atoms with Gasteiger partial charge in [0.2, 0.25) is 0 Å². The number of carbonyl (C=O) groups is 1. The van der Waals surface area contributed by atoms with E-state index in [4.69, 9.17) is 9.72 Å². The average molecular weight is 468 g/mol. The first-order chi connectivity index (χ1) is 16.1. The first-order valence-corrected chi connectivity index (χ1v) is 13.1. The molecule has 0 saturated carbocycles. The molecule has 0 radical (unpaired) electrons. The molecule has 0 fully saturated rings. The van der Waals surface area contributed by atoms with E-state index in [0.717, 1.165) is 53.6 Å². The minimum Gasteiger partial charge on any atom is -0.494 e. The number of unbranched alkanes of at least 4 members (excludes halogenated alkanes) is 2. The van der Waals surface area contributed by atoms with Crippen molar-refractivity contribution in [3.63, 3.8) is 0 Å². The smallest absolute Gasteiger partial charge is 0.260 e. The van der Waals surface area contributed by atoms with E-state index < -0.39 is 0 Å². The van der Waals surface area contributed by atoms with Crippen LogP contribution in [0.2, 0.25) is 0 Å². The molecule has 2 aromatic carbocycles. The second kappa shape index (κ2) is 12.7. The van der Waals surface area contributed by atoms with E-state index in [-0.39, 0.29) is 5.91 Å². The number of carbonyl (C=O) groups excluding carboxylic acids is 1. The Bertz CT molecular complexity index is 1010. The number of hydrogen-bond donors (Lipinski definition) is 0. The molecule has 1 amide bonds. The summed E-state index contributed by atoms with van der Waals surface area (Å²) in [4.78, 5) is 22.6. The van der Waals surface area contributed by atoms with Crippen molar-refractivity contribution in [2.75, 3.05) is 37.7 Å². The zero-order valence-electron chi connectivity index (χ0n) is 20.5. The number of likely N-dealkylation sites (N-methyl/N-ethyl adjacent to an activating group) is 1. The van der Waals surface area contributed by atoms with E-state index in [0.29, 0.717) is 18.7 Å². The summed E-state index contributed by atoms with van der Waals surface area (Å²) in [5.41, 5.74) is 2.89. The highest BCUT2D eigenvalue weighted by Crippen LogP contribution is 2.31. The van der Waals surface area contributed by atoms with Crippen molar-refractivity contribution >= 4 is 32.6 Å². The van der Waals surface area contributed by atoms with E-state index in [1.807, 2.05) is 29.2 Å². The van der Waals surface area contributed by atoms with Gasteiger partial charge >= 0.3 is 0 Å². The second-order valence-electron chi connectivity index (χ2n) is 8.22. The molecule has 0 aliphatic heterocycles. The first-order valence-electron chi connectivity index (χ1n) is 12.3. The Hall–Kier alpha value is -2.44. The molecule has 0 unspecified atom stereocenters. The predicted molar refractivity (Wildman–Crippen MR) is 140 cm³/mol. The minimum atomic E-state index is -0.0190. The third-order valence-electron chi connectivity index (χ3n) is 5.98. The summed E-state index contributed by atoms with van der Waals surface area (Å²) >= 11 is 1.59. The van der Waals surface area contributed by atoms with Crippen LogP contribution in [0.15, 0.2) is 42.5 Å². The Morgan fingerprint density at radius 1 is 0.970 bits per heavy atom. The van der Waals surface area contributed by atoms with Gasteiger partial charge in [-0.25, -0.2) is 4.98 Å². The van der Waals surface area contributed by atoms with Crippen molar-refractivity contribution in [1.29, 1.82) is 0 Å². The van der Waals surface area contributed by atoms with Crippen molar-refractivity contribution in [1.82, 2.24) is 9.88 Å². The fourth-order valence-electron chi connectivity index (χ4n) is 3.75. The van der Waals surface area contributed by atoms with E-state index in [1.54, 1.807) is 11.3 Å². The van der Waals surface area contributed by atoms with Crippen LogP contribution >= 0.6 is 11.3 Å². The molecule has 0 bridgehead atoms. The number of aromatic nitrogens is 1. The second-order valence-corrected chi connectivity index (χ2v) is 9.22. The third kappa shape index (κ3) is 6.78. The fourth-order valence-corrected chi connectivity index (χ4v) is 4.80. The average Bonchev–Trinajstić information content (AvgIpc) is 3.27. The van der Waals surface area contributed by atoms with Gasteiger partial charge in [-0.05, 0) is 67.9 Å². The van der Waals surface area contributed by atoms with Crippen LogP contribution in [-0.2, 0) is 6.42 Å². The molecule has 0 atom stereocenters. The van der Waals surface area contributed by atoms with Crippen molar-refractivity contribution in [3.05, 3.63) is 53.6 Å². The van der Waals surface area contributed by atoms with Gasteiger partial charge in [-0.2, -0.15) is 0 Å². The molecule has 1 heterocycles. The number of nitrogens with zero attached hydrogens (tertiary/aromatic N) is 3. The zero-order chi connectivity index (χ0) is 23.6. The Balaban J connectivity index is 1.82. The molecule has 0 aliphatic rings. The van der Waals surface area contributed by atoms with Crippen LogP contribution < -0.4 is 9.64 Å². The van der Waals surface area contributed by atoms with Gasteiger partial charge in [0.05, 0.1) is 16.8 Å². The van der Waals surface area contributed by atoms with E-state index in [1.165, 1.54) is 18.4 Å². The zero-order valence-corrected chi connectivity index (χ0v) is 21.3. The van der Waals surface area contributed by atoms with Gasteiger partial charge in [0, 0.05) is 18.7 Å². The lowest BCUT2D eigenvalue weighted by Gasteiger charge is -2.24. The highest BCUT2D eigenvalue weighted by molar-refractivity contribution is 7.22. The number of rotatable bonds is 13. The standard InChI is InChI=1S/C27H37N3O2S/c1-5-9-10-19-32-23-14-12-22(13-15-23)26(31)30(18-17-29(7-3)8-4)27-28-24-16-11-21(6-2)20-25(24)33-27/h11-16,20H,5-10,17-19H2,1-4H3. The minimum absolute atomic E-state index is 0.0190. The maximum absolute atomic E-state index is 13.6.